The normalized spacial score (nSPS) is 17.2. The lowest BCUT2D eigenvalue weighted by Crippen LogP contribution is -2.19. The lowest BCUT2D eigenvalue weighted by atomic mass is 10.1. The first-order chi connectivity index (χ1) is 12.1. The van der Waals surface area contributed by atoms with E-state index in [1.807, 2.05) is 63.2 Å². The van der Waals surface area contributed by atoms with E-state index < -0.39 is 0 Å². The van der Waals surface area contributed by atoms with Crippen molar-refractivity contribution in [1.29, 1.82) is 0 Å². The largest absolute Gasteiger partial charge is 0.493 e. The first-order valence-electron chi connectivity index (χ1n) is 8.15. The zero-order chi connectivity index (χ0) is 17.8. The Morgan fingerprint density at radius 3 is 2.80 bits per heavy atom. The molecule has 1 fully saturated rings. The summed E-state index contributed by atoms with van der Waals surface area (Å²) in [4.78, 5) is 17.5. The van der Waals surface area contributed by atoms with Gasteiger partial charge in [-0.1, -0.05) is 30.3 Å². The van der Waals surface area contributed by atoms with Crippen LogP contribution in [0.5, 0.6) is 5.75 Å². The van der Waals surface area contributed by atoms with E-state index in [9.17, 15) is 4.79 Å². The molecule has 128 valence electrons. The van der Waals surface area contributed by atoms with Gasteiger partial charge in [-0.15, -0.1) is 0 Å². The van der Waals surface area contributed by atoms with Crippen LogP contribution < -0.4 is 10.1 Å². The fourth-order valence-corrected chi connectivity index (χ4v) is 3.28. The van der Waals surface area contributed by atoms with Crippen molar-refractivity contribution in [2.45, 2.75) is 20.8 Å². The minimum absolute atomic E-state index is 0.139. The predicted octanol–water partition coefficient (Wildman–Crippen LogP) is 4.59. The monoisotopic (exact) mass is 352 g/mol. The fraction of sp³-hybridized carbons (Fsp3) is 0.200. The topological polar surface area (TPSA) is 50.7 Å². The van der Waals surface area contributed by atoms with Crippen molar-refractivity contribution in [2.24, 2.45) is 4.99 Å². The van der Waals surface area contributed by atoms with Crippen LogP contribution >= 0.6 is 11.8 Å². The average molecular weight is 352 g/mol. The Morgan fingerprint density at radius 2 is 2.00 bits per heavy atom. The Bertz CT molecular complexity index is 872. The van der Waals surface area contributed by atoms with Gasteiger partial charge in [0.25, 0.3) is 5.91 Å². The molecule has 4 nitrogen and oxygen atoms in total. The molecule has 0 aromatic heterocycles. The van der Waals surface area contributed by atoms with Gasteiger partial charge in [0.2, 0.25) is 0 Å². The molecule has 1 aliphatic rings. The predicted molar refractivity (Wildman–Crippen MR) is 104 cm³/mol. The van der Waals surface area contributed by atoms with Gasteiger partial charge >= 0.3 is 0 Å². The van der Waals surface area contributed by atoms with Crippen LogP contribution in [0, 0.1) is 13.8 Å². The molecule has 0 unspecified atom stereocenters. The molecule has 1 amide bonds. The number of aryl methyl sites for hydroxylation is 2. The van der Waals surface area contributed by atoms with Gasteiger partial charge in [-0.25, -0.2) is 4.99 Å². The molecule has 0 aliphatic carbocycles. The van der Waals surface area contributed by atoms with Gasteiger partial charge < -0.3 is 10.1 Å². The number of nitrogens with one attached hydrogen (secondary N) is 1. The molecule has 1 saturated heterocycles. The Balaban J connectivity index is 1.88. The second-order valence-electron chi connectivity index (χ2n) is 5.74. The summed E-state index contributed by atoms with van der Waals surface area (Å²) in [5, 5.41) is 3.43. The molecule has 1 N–H and O–H groups in total. The number of ether oxygens (including phenoxy) is 1. The van der Waals surface area contributed by atoms with Crippen molar-refractivity contribution in [2.75, 3.05) is 6.61 Å². The van der Waals surface area contributed by atoms with Crippen LogP contribution in [0.1, 0.15) is 23.6 Å². The maximum atomic E-state index is 12.3. The molecular formula is C20H20N2O2S. The third-order valence-corrected chi connectivity index (χ3v) is 4.65. The number of thioether (sulfide) groups is 1. The molecule has 3 rings (SSSR count). The van der Waals surface area contributed by atoms with Gasteiger partial charge in [-0.2, -0.15) is 0 Å². The highest BCUT2D eigenvalue weighted by atomic mass is 32.2. The van der Waals surface area contributed by atoms with Crippen molar-refractivity contribution in [1.82, 2.24) is 5.32 Å². The SMILES string of the molecule is CCOc1ccccc1/C=C1\SC(=Nc2cc(C)ccc2C)NC1=O. The zero-order valence-electron chi connectivity index (χ0n) is 14.5. The third-order valence-electron chi connectivity index (χ3n) is 3.74. The minimum atomic E-state index is -0.139. The summed E-state index contributed by atoms with van der Waals surface area (Å²) in [6, 6.07) is 13.8. The maximum absolute atomic E-state index is 12.3. The number of hydrogen-bond donors (Lipinski definition) is 1. The van der Waals surface area contributed by atoms with Crippen LogP contribution in [0.25, 0.3) is 6.08 Å². The van der Waals surface area contributed by atoms with Crippen LogP contribution in [0.15, 0.2) is 52.4 Å². The van der Waals surface area contributed by atoms with Crippen LogP contribution in [0.2, 0.25) is 0 Å². The lowest BCUT2D eigenvalue weighted by molar-refractivity contribution is -0.115. The van der Waals surface area contributed by atoms with E-state index in [-0.39, 0.29) is 5.91 Å². The summed E-state index contributed by atoms with van der Waals surface area (Å²) < 4.78 is 5.62. The van der Waals surface area contributed by atoms with Gasteiger partial charge in [0.05, 0.1) is 17.2 Å². The molecule has 0 spiro atoms. The molecule has 1 heterocycles. The maximum Gasteiger partial charge on any atom is 0.264 e. The number of amidine groups is 1. The molecule has 25 heavy (non-hydrogen) atoms. The van der Waals surface area contributed by atoms with Crippen molar-refractivity contribution in [3.05, 3.63) is 64.1 Å². The Morgan fingerprint density at radius 1 is 1.20 bits per heavy atom. The highest BCUT2D eigenvalue weighted by Crippen LogP contribution is 2.31. The van der Waals surface area contributed by atoms with Gasteiger partial charge in [-0.05, 0) is 61.9 Å². The molecule has 2 aromatic carbocycles. The molecular weight excluding hydrogens is 332 g/mol. The Kier molecular flexibility index (Phi) is 5.24. The van der Waals surface area contributed by atoms with Gasteiger partial charge in [-0.3, -0.25) is 4.79 Å². The molecule has 0 bridgehead atoms. The summed E-state index contributed by atoms with van der Waals surface area (Å²) in [5.74, 6) is 0.631. The summed E-state index contributed by atoms with van der Waals surface area (Å²) in [6.07, 6.45) is 1.84. The standard InChI is InChI=1S/C20H20N2O2S/c1-4-24-17-8-6-5-7-15(17)12-18-19(23)22-20(25-18)21-16-11-13(2)9-10-14(16)3/h5-12H,4H2,1-3H3,(H,21,22,23)/b18-12-. The second-order valence-corrected chi connectivity index (χ2v) is 6.77. The number of nitrogens with zero attached hydrogens (tertiary/aromatic N) is 1. The average Bonchev–Trinajstić information content (AvgIpc) is 2.92. The van der Waals surface area contributed by atoms with E-state index in [1.54, 1.807) is 0 Å². The molecule has 1 aliphatic heterocycles. The van der Waals surface area contributed by atoms with Crippen molar-refractivity contribution >= 4 is 34.6 Å². The Labute approximate surface area is 152 Å². The first kappa shape index (κ1) is 17.3. The van der Waals surface area contributed by atoms with E-state index in [4.69, 9.17) is 4.74 Å². The van der Waals surface area contributed by atoms with E-state index in [1.165, 1.54) is 11.8 Å². The smallest absolute Gasteiger partial charge is 0.264 e. The highest BCUT2D eigenvalue weighted by molar-refractivity contribution is 8.18. The van der Waals surface area contributed by atoms with Crippen LogP contribution in [0.3, 0.4) is 0 Å². The van der Waals surface area contributed by atoms with Crippen molar-refractivity contribution in [3.63, 3.8) is 0 Å². The first-order valence-corrected chi connectivity index (χ1v) is 8.97. The van der Waals surface area contributed by atoms with Gasteiger partial charge in [0.1, 0.15) is 5.75 Å². The molecule has 0 radical (unpaired) electrons. The number of benzene rings is 2. The fourth-order valence-electron chi connectivity index (χ4n) is 2.46. The summed E-state index contributed by atoms with van der Waals surface area (Å²) in [6.45, 7) is 6.56. The van der Waals surface area contributed by atoms with Crippen LogP contribution in [0.4, 0.5) is 5.69 Å². The minimum Gasteiger partial charge on any atom is -0.493 e. The summed E-state index contributed by atoms with van der Waals surface area (Å²) in [7, 11) is 0. The zero-order valence-corrected chi connectivity index (χ0v) is 15.3. The molecule has 5 heteroatoms. The van der Waals surface area contributed by atoms with Crippen LogP contribution in [-0.2, 0) is 4.79 Å². The van der Waals surface area contributed by atoms with Gasteiger partial charge in [0, 0.05) is 5.56 Å². The summed E-state index contributed by atoms with van der Waals surface area (Å²) >= 11 is 1.34. The van der Waals surface area contributed by atoms with E-state index in [2.05, 4.69) is 16.4 Å². The number of rotatable bonds is 4. The number of carbonyl (C=O) groups excluding carboxylic acids is 1. The molecule has 0 saturated carbocycles. The quantitative estimate of drug-likeness (QED) is 0.819. The number of para-hydroxylation sites is 1. The number of amides is 1. The molecule has 2 aromatic rings. The van der Waals surface area contributed by atoms with E-state index >= 15 is 0 Å². The second kappa shape index (κ2) is 7.57. The van der Waals surface area contributed by atoms with Crippen molar-refractivity contribution in [3.8, 4) is 5.75 Å². The molecule has 0 atom stereocenters. The van der Waals surface area contributed by atoms with E-state index in [0.717, 1.165) is 28.1 Å². The Hall–Kier alpha value is -2.53. The lowest BCUT2D eigenvalue weighted by Gasteiger charge is -2.06. The third kappa shape index (κ3) is 4.12. The highest BCUT2D eigenvalue weighted by Gasteiger charge is 2.24. The van der Waals surface area contributed by atoms with Gasteiger partial charge in [0.15, 0.2) is 5.17 Å². The number of carbonyl (C=O) groups is 1. The number of aliphatic imine (C=N–C) groups is 1. The summed E-state index contributed by atoms with van der Waals surface area (Å²) in [5.41, 5.74) is 3.97. The number of hydrogen-bond acceptors (Lipinski definition) is 4. The van der Waals surface area contributed by atoms with E-state index in [0.29, 0.717) is 16.7 Å². The van der Waals surface area contributed by atoms with Crippen LogP contribution in [-0.4, -0.2) is 17.7 Å². The van der Waals surface area contributed by atoms with Crippen molar-refractivity contribution < 1.29 is 9.53 Å².